The lowest BCUT2D eigenvalue weighted by Gasteiger charge is -2.23. The predicted molar refractivity (Wildman–Crippen MR) is 122 cm³/mol. The zero-order valence-corrected chi connectivity index (χ0v) is 18.8. The van der Waals surface area contributed by atoms with Gasteiger partial charge in [-0.05, 0) is 51.5 Å². The van der Waals surface area contributed by atoms with Crippen molar-refractivity contribution in [3.63, 3.8) is 0 Å². The van der Waals surface area contributed by atoms with E-state index in [1.165, 1.54) is 30.6 Å². The number of aromatic nitrogens is 2. The van der Waals surface area contributed by atoms with Crippen LogP contribution in [0.15, 0.2) is 55.9 Å². The van der Waals surface area contributed by atoms with E-state index in [4.69, 9.17) is 4.74 Å². The minimum Gasteiger partial charge on any atom is -0.444 e. The lowest BCUT2D eigenvalue weighted by atomic mass is 10.0. The van der Waals surface area contributed by atoms with Gasteiger partial charge < -0.3 is 15.4 Å². The fourth-order valence-corrected chi connectivity index (χ4v) is 2.77. The molecule has 0 saturated heterocycles. The third-order valence-electron chi connectivity index (χ3n) is 4.42. The third kappa shape index (κ3) is 7.01. The number of nitrogens with zero attached hydrogens (tertiary/aromatic N) is 2. The molecule has 0 fully saturated rings. The number of hydrogen-bond donors (Lipinski definition) is 2. The van der Waals surface area contributed by atoms with Crippen LogP contribution < -0.4 is 10.6 Å². The molecule has 2 atom stereocenters. The summed E-state index contributed by atoms with van der Waals surface area (Å²) in [5.41, 5.74) is 0.998. The van der Waals surface area contributed by atoms with E-state index in [0.717, 1.165) is 0 Å². The Morgan fingerprint density at radius 2 is 1.94 bits per heavy atom. The number of carbonyl (C=O) groups is 2. The van der Waals surface area contributed by atoms with Gasteiger partial charge in [0.25, 0.3) is 0 Å². The van der Waals surface area contributed by atoms with E-state index in [1.807, 2.05) is 0 Å². The number of ether oxygens (including phenoxy) is 1. The molecule has 0 spiro atoms. The predicted octanol–water partition coefficient (Wildman–Crippen LogP) is 5.19. The highest BCUT2D eigenvalue weighted by Crippen LogP contribution is 2.29. The summed E-state index contributed by atoms with van der Waals surface area (Å²) in [6, 6.07) is 5.11. The van der Waals surface area contributed by atoms with E-state index in [0.29, 0.717) is 29.1 Å². The molecule has 2 amide bonds. The number of halogens is 1. The van der Waals surface area contributed by atoms with Gasteiger partial charge in [-0.1, -0.05) is 19.1 Å². The number of hydrogen-bond acceptors (Lipinski definition) is 5. The molecule has 0 bridgehead atoms. The second-order valence-corrected chi connectivity index (χ2v) is 8.25. The van der Waals surface area contributed by atoms with Crippen molar-refractivity contribution in [1.82, 2.24) is 15.3 Å². The molecule has 0 aliphatic rings. The Morgan fingerprint density at radius 3 is 2.56 bits per heavy atom. The van der Waals surface area contributed by atoms with Gasteiger partial charge >= 0.3 is 6.09 Å². The van der Waals surface area contributed by atoms with Gasteiger partial charge in [0, 0.05) is 5.56 Å². The molecule has 2 rings (SSSR count). The van der Waals surface area contributed by atoms with Crippen molar-refractivity contribution in [2.45, 2.75) is 45.8 Å². The Balaban J connectivity index is 2.39. The highest BCUT2D eigenvalue weighted by atomic mass is 19.1. The summed E-state index contributed by atoms with van der Waals surface area (Å²) < 4.78 is 19.4. The fraction of sp³-hybridized carbons (Fsp3) is 0.333. The first kappa shape index (κ1) is 24.7. The summed E-state index contributed by atoms with van der Waals surface area (Å²) in [5, 5.41) is 5.55. The minimum atomic E-state index is -0.656. The molecule has 8 heteroatoms. The second kappa shape index (κ2) is 10.7. The van der Waals surface area contributed by atoms with Crippen LogP contribution in [0, 0.1) is 11.7 Å². The Morgan fingerprint density at radius 1 is 1.22 bits per heavy atom. The van der Waals surface area contributed by atoms with Gasteiger partial charge in [0.05, 0.1) is 29.0 Å². The van der Waals surface area contributed by atoms with Crippen LogP contribution in [-0.2, 0) is 9.53 Å². The van der Waals surface area contributed by atoms with Crippen LogP contribution in [0.2, 0.25) is 0 Å². The average Bonchev–Trinajstić information content (AvgIpc) is 2.72. The summed E-state index contributed by atoms with van der Waals surface area (Å²) >= 11 is 0. The van der Waals surface area contributed by atoms with Gasteiger partial charge in [-0.25, -0.2) is 19.2 Å². The van der Waals surface area contributed by atoms with Crippen LogP contribution >= 0.6 is 0 Å². The van der Waals surface area contributed by atoms with E-state index >= 15 is 0 Å². The van der Waals surface area contributed by atoms with Crippen LogP contribution in [0.5, 0.6) is 0 Å². The maximum atomic E-state index is 14.0. The molecule has 1 aromatic carbocycles. The molecule has 1 unspecified atom stereocenters. The Labute approximate surface area is 187 Å². The standard InChI is InChI=1S/C24H29FN4O3/c1-7-9-19(29-23(31)32-24(4,5)6)21-13-20(26-14-27-21)17-12-16(25)10-11-18(17)28-22(30)15(3)8-2/h7-8,10-15,19H,1-2,9H2,3-6H3,(H,28,30)(H,29,31)/t15-,19?/m1/s1. The van der Waals surface area contributed by atoms with Crippen molar-refractivity contribution in [2.75, 3.05) is 5.32 Å². The molecular weight excluding hydrogens is 411 g/mol. The summed E-state index contributed by atoms with van der Waals surface area (Å²) in [4.78, 5) is 33.1. The van der Waals surface area contributed by atoms with Crippen molar-refractivity contribution < 1.29 is 18.7 Å². The highest BCUT2D eigenvalue weighted by molar-refractivity contribution is 5.97. The van der Waals surface area contributed by atoms with Crippen molar-refractivity contribution in [3.05, 3.63) is 67.4 Å². The van der Waals surface area contributed by atoms with Gasteiger partial charge in [0.2, 0.25) is 5.91 Å². The number of carbonyl (C=O) groups excluding carboxylic acids is 2. The zero-order chi connectivity index (χ0) is 23.9. The maximum absolute atomic E-state index is 14.0. The van der Waals surface area contributed by atoms with E-state index < -0.39 is 29.5 Å². The van der Waals surface area contributed by atoms with Gasteiger partial charge in [0.1, 0.15) is 17.7 Å². The van der Waals surface area contributed by atoms with E-state index in [1.54, 1.807) is 39.8 Å². The molecule has 0 saturated carbocycles. The molecular formula is C24H29FN4O3. The molecule has 0 aliphatic heterocycles. The van der Waals surface area contributed by atoms with Crippen molar-refractivity contribution in [1.29, 1.82) is 0 Å². The first-order chi connectivity index (χ1) is 15.0. The van der Waals surface area contributed by atoms with Gasteiger partial charge in [-0.2, -0.15) is 0 Å². The smallest absolute Gasteiger partial charge is 0.408 e. The Bertz CT molecular complexity index is 1000. The van der Waals surface area contributed by atoms with E-state index in [2.05, 4.69) is 33.8 Å². The van der Waals surface area contributed by atoms with Crippen LogP contribution in [0.4, 0.5) is 14.9 Å². The number of nitrogens with one attached hydrogen (secondary N) is 2. The normalized spacial score (nSPS) is 12.9. The number of anilines is 1. The minimum absolute atomic E-state index is 0.279. The van der Waals surface area contributed by atoms with Crippen molar-refractivity contribution in [2.24, 2.45) is 5.92 Å². The van der Waals surface area contributed by atoms with Crippen LogP contribution in [0.25, 0.3) is 11.3 Å². The summed E-state index contributed by atoms with van der Waals surface area (Å²) in [5.74, 6) is -1.19. The van der Waals surface area contributed by atoms with Crippen molar-refractivity contribution in [3.8, 4) is 11.3 Å². The monoisotopic (exact) mass is 440 g/mol. The SMILES string of the molecule is C=CCC(NC(=O)OC(C)(C)C)c1cc(-c2cc(F)ccc2NC(=O)[C@H](C)C=C)ncn1. The summed E-state index contributed by atoms with van der Waals surface area (Å²) in [6.45, 7) is 14.4. The quantitative estimate of drug-likeness (QED) is 0.552. The molecule has 0 radical (unpaired) electrons. The molecule has 7 nitrogen and oxygen atoms in total. The number of rotatable bonds is 8. The summed E-state index contributed by atoms with van der Waals surface area (Å²) in [6.07, 6.45) is 4.28. The van der Waals surface area contributed by atoms with Gasteiger partial charge in [-0.15, -0.1) is 13.2 Å². The first-order valence-electron chi connectivity index (χ1n) is 10.2. The van der Waals surface area contributed by atoms with E-state index in [9.17, 15) is 14.0 Å². The Kier molecular flexibility index (Phi) is 8.23. The zero-order valence-electron chi connectivity index (χ0n) is 18.8. The lowest BCUT2D eigenvalue weighted by molar-refractivity contribution is -0.118. The number of benzene rings is 1. The van der Waals surface area contributed by atoms with Gasteiger partial charge in [0.15, 0.2) is 0 Å². The molecule has 2 aromatic rings. The summed E-state index contributed by atoms with van der Waals surface area (Å²) in [7, 11) is 0. The van der Waals surface area contributed by atoms with Crippen LogP contribution in [0.1, 0.15) is 45.9 Å². The van der Waals surface area contributed by atoms with Crippen LogP contribution in [0.3, 0.4) is 0 Å². The van der Waals surface area contributed by atoms with Gasteiger partial charge in [-0.3, -0.25) is 4.79 Å². The lowest BCUT2D eigenvalue weighted by Crippen LogP contribution is -2.35. The number of amides is 2. The fourth-order valence-electron chi connectivity index (χ4n) is 2.77. The molecule has 1 heterocycles. The highest BCUT2D eigenvalue weighted by Gasteiger charge is 2.22. The van der Waals surface area contributed by atoms with Crippen molar-refractivity contribution >= 4 is 17.7 Å². The first-order valence-corrected chi connectivity index (χ1v) is 10.2. The second-order valence-electron chi connectivity index (χ2n) is 8.25. The topological polar surface area (TPSA) is 93.2 Å². The van der Waals surface area contributed by atoms with E-state index in [-0.39, 0.29) is 5.91 Å². The number of alkyl carbamates (subject to hydrolysis) is 1. The molecule has 32 heavy (non-hydrogen) atoms. The molecule has 1 aromatic heterocycles. The molecule has 2 N–H and O–H groups in total. The van der Waals surface area contributed by atoms with Crippen LogP contribution in [-0.4, -0.2) is 27.6 Å². The average molecular weight is 441 g/mol. The maximum Gasteiger partial charge on any atom is 0.408 e. The molecule has 170 valence electrons. The third-order valence-corrected chi connectivity index (χ3v) is 4.42. The molecule has 0 aliphatic carbocycles. The Hall–Kier alpha value is -3.55. The largest absolute Gasteiger partial charge is 0.444 e.